The molecule has 0 aromatic rings. The second kappa shape index (κ2) is 4.47. The lowest BCUT2D eigenvalue weighted by Crippen LogP contribution is -2.38. The molecule has 1 unspecified atom stereocenters. The van der Waals surface area contributed by atoms with Crippen molar-refractivity contribution in [3.05, 3.63) is 21.6 Å². The van der Waals surface area contributed by atoms with E-state index in [2.05, 4.69) is 65.7 Å². The SMILES string of the molecule is CC1=C(C)C(C)C(C)=C1S(C)(C)NC(C)(C)C. The van der Waals surface area contributed by atoms with Gasteiger partial charge < -0.3 is 0 Å². The van der Waals surface area contributed by atoms with Gasteiger partial charge in [0.25, 0.3) is 0 Å². The van der Waals surface area contributed by atoms with Gasteiger partial charge in [0.05, 0.1) is 0 Å². The van der Waals surface area contributed by atoms with Crippen LogP contribution in [-0.2, 0) is 0 Å². The molecular formula is C15H29NS. The zero-order valence-corrected chi connectivity index (χ0v) is 13.8. The van der Waals surface area contributed by atoms with E-state index in [1.807, 2.05) is 0 Å². The van der Waals surface area contributed by atoms with Crippen LogP contribution in [0.4, 0.5) is 0 Å². The highest BCUT2D eigenvalue weighted by atomic mass is 32.3. The summed E-state index contributed by atoms with van der Waals surface area (Å²) in [5, 5.41) is 0. The van der Waals surface area contributed by atoms with Crippen molar-refractivity contribution in [3.63, 3.8) is 0 Å². The molecule has 0 saturated carbocycles. The van der Waals surface area contributed by atoms with Gasteiger partial charge in [-0.25, -0.2) is 0 Å². The van der Waals surface area contributed by atoms with E-state index in [-0.39, 0.29) is 5.54 Å². The number of nitrogens with one attached hydrogen (secondary N) is 1. The summed E-state index contributed by atoms with van der Waals surface area (Å²) in [7, 11) is -0.910. The first-order valence-corrected chi connectivity index (χ1v) is 8.83. The fourth-order valence-electron chi connectivity index (χ4n) is 2.92. The van der Waals surface area contributed by atoms with Crippen LogP contribution in [0, 0.1) is 5.92 Å². The van der Waals surface area contributed by atoms with Crippen molar-refractivity contribution in [1.29, 1.82) is 0 Å². The van der Waals surface area contributed by atoms with E-state index in [1.54, 1.807) is 16.1 Å². The monoisotopic (exact) mass is 255 g/mol. The van der Waals surface area contributed by atoms with Gasteiger partial charge in [0.15, 0.2) is 0 Å². The third-order valence-electron chi connectivity index (χ3n) is 3.66. The van der Waals surface area contributed by atoms with Crippen molar-refractivity contribution in [1.82, 2.24) is 4.72 Å². The average molecular weight is 255 g/mol. The molecule has 0 spiro atoms. The Kier molecular flexibility index (Phi) is 3.91. The van der Waals surface area contributed by atoms with Crippen LogP contribution in [-0.4, -0.2) is 18.1 Å². The van der Waals surface area contributed by atoms with Gasteiger partial charge in [-0.1, -0.05) is 18.1 Å². The van der Waals surface area contributed by atoms with Gasteiger partial charge in [-0.15, -0.1) is 0 Å². The minimum Gasteiger partial charge on any atom is -0.272 e. The topological polar surface area (TPSA) is 12.0 Å². The van der Waals surface area contributed by atoms with E-state index in [4.69, 9.17) is 0 Å². The number of rotatable bonds is 2. The predicted molar refractivity (Wildman–Crippen MR) is 82.6 cm³/mol. The Bertz CT molecular complexity index is 380. The first kappa shape index (κ1) is 14.8. The third-order valence-corrected chi connectivity index (χ3v) is 6.43. The van der Waals surface area contributed by atoms with Gasteiger partial charge in [0, 0.05) is 10.4 Å². The summed E-state index contributed by atoms with van der Waals surface area (Å²) in [6.45, 7) is 16.0. The molecule has 0 aromatic carbocycles. The van der Waals surface area contributed by atoms with E-state index in [9.17, 15) is 0 Å². The second-order valence-corrected chi connectivity index (χ2v) is 9.99. The van der Waals surface area contributed by atoms with Crippen LogP contribution in [0.25, 0.3) is 0 Å². The normalized spacial score (nSPS) is 23.7. The minimum absolute atomic E-state index is 0.173. The van der Waals surface area contributed by atoms with Gasteiger partial charge in [0.2, 0.25) is 0 Å². The van der Waals surface area contributed by atoms with Gasteiger partial charge in [0.1, 0.15) is 0 Å². The van der Waals surface area contributed by atoms with Crippen molar-refractivity contribution in [2.75, 3.05) is 12.5 Å². The van der Waals surface area contributed by atoms with Crippen LogP contribution in [0.15, 0.2) is 21.6 Å². The molecule has 1 aliphatic rings. The molecule has 0 bridgehead atoms. The van der Waals surface area contributed by atoms with Crippen LogP contribution in [0.3, 0.4) is 0 Å². The maximum Gasteiger partial charge on any atom is 0.0186 e. The van der Waals surface area contributed by atoms with Crippen LogP contribution >= 0.6 is 10.2 Å². The molecule has 0 heterocycles. The second-order valence-electron chi connectivity index (χ2n) is 6.72. The molecule has 0 radical (unpaired) electrons. The maximum absolute atomic E-state index is 3.83. The molecule has 1 nitrogen and oxygen atoms in total. The average Bonchev–Trinajstić information content (AvgIpc) is 2.27. The van der Waals surface area contributed by atoms with Crippen LogP contribution in [0.5, 0.6) is 0 Å². The Hall–Kier alpha value is -0.210. The number of hydrogen-bond donors (Lipinski definition) is 1. The molecule has 0 amide bonds. The van der Waals surface area contributed by atoms with Crippen LogP contribution < -0.4 is 4.72 Å². The van der Waals surface area contributed by atoms with Gasteiger partial charge in [-0.05, 0) is 65.5 Å². The summed E-state index contributed by atoms with van der Waals surface area (Å²) in [6.07, 6.45) is 4.76. The largest absolute Gasteiger partial charge is 0.272 e. The van der Waals surface area contributed by atoms with Crippen LogP contribution in [0.1, 0.15) is 48.5 Å². The summed E-state index contributed by atoms with van der Waals surface area (Å²) in [5.74, 6) is 0.624. The molecule has 1 rings (SSSR count). The molecule has 1 N–H and O–H groups in total. The summed E-state index contributed by atoms with van der Waals surface area (Å²) >= 11 is 0. The minimum atomic E-state index is -0.910. The molecule has 2 heteroatoms. The van der Waals surface area contributed by atoms with Crippen molar-refractivity contribution in [2.24, 2.45) is 5.92 Å². The predicted octanol–water partition coefficient (Wildman–Crippen LogP) is 4.61. The van der Waals surface area contributed by atoms with E-state index in [0.717, 1.165) is 0 Å². The zero-order valence-electron chi connectivity index (χ0n) is 13.0. The summed E-state index contributed by atoms with van der Waals surface area (Å²) in [5.41, 5.74) is 4.81. The lowest BCUT2D eigenvalue weighted by Gasteiger charge is -2.42. The quantitative estimate of drug-likeness (QED) is 0.759. The molecule has 0 aromatic heterocycles. The maximum atomic E-state index is 3.83. The lowest BCUT2D eigenvalue weighted by molar-refractivity contribution is 0.531. The Morgan fingerprint density at radius 3 is 1.76 bits per heavy atom. The molecule has 0 fully saturated rings. The first-order chi connectivity index (χ1) is 7.47. The van der Waals surface area contributed by atoms with Crippen molar-refractivity contribution >= 4 is 10.2 Å². The first-order valence-electron chi connectivity index (χ1n) is 6.38. The molecule has 17 heavy (non-hydrogen) atoms. The number of allylic oxidation sites excluding steroid dienone is 3. The highest BCUT2D eigenvalue weighted by Gasteiger charge is 2.32. The van der Waals surface area contributed by atoms with E-state index in [1.165, 1.54) is 5.57 Å². The Balaban J connectivity index is 3.16. The van der Waals surface area contributed by atoms with Crippen LogP contribution in [0.2, 0.25) is 0 Å². The standard InChI is InChI=1S/C15H29NS/c1-10-11(2)13(4)14(12(10)3)17(8,9)16-15(5,6)7/h10,16H,1-9H3. The molecule has 0 aliphatic heterocycles. The fraction of sp³-hybridized carbons (Fsp3) is 0.733. The van der Waals surface area contributed by atoms with Gasteiger partial charge in [-0.2, -0.15) is 10.2 Å². The highest BCUT2D eigenvalue weighted by molar-refractivity contribution is 8.34. The molecule has 100 valence electrons. The van der Waals surface area contributed by atoms with E-state index >= 15 is 0 Å². The highest BCUT2D eigenvalue weighted by Crippen LogP contribution is 2.56. The molecule has 1 atom stereocenters. The summed E-state index contributed by atoms with van der Waals surface area (Å²) < 4.78 is 3.83. The summed E-state index contributed by atoms with van der Waals surface area (Å²) in [4.78, 5) is 1.59. The summed E-state index contributed by atoms with van der Waals surface area (Å²) in [6, 6.07) is 0. The van der Waals surface area contributed by atoms with Gasteiger partial charge >= 0.3 is 0 Å². The third kappa shape index (κ3) is 2.97. The van der Waals surface area contributed by atoms with Crippen molar-refractivity contribution in [3.8, 4) is 0 Å². The number of hydrogen-bond acceptors (Lipinski definition) is 1. The van der Waals surface area contributed by atoms with E-state index in [0.29, 0.717) is 5.92 Å². The Labute approximate surface area is 109 Å². The van der Waals surface area contributed by atoms with E-state index < -0.39 is 10.2 Å². The smallest absolute Gasteiger partial charge is 0.0186 e. The van der Waals surface area contributed by atoms with Gasteiger partial charge in [-0.3, -0.25) is 4.72 Å². The zero-order chi connectivity index (χ0) is 13.6. The molecule has 1 aliphatic carbocycles. The Morgan fingerprint density at radius 2 is 1.47 bits per heavy atom. The Morgan fingerprint density at radius 1 is 1.00 bits per heavy atom. The van der Waals surface area contributed by atoms with Crippen molar-refractivity contribution < 1.29 is 0 Å². The molecular weight excluding hydrogens is 226 g/mol. The lowest BCUT2D eigenvalue weighted by atomic mass is 10.0. The fourth-order valence-corrected chi connectivity index (χ4v) is 6.46. The van der Waals surface area contributed by atoms with Crippen molar-refractivity contribution in [2.45, 2.75) is 54.0 Å². The molecule has 0 saturated heterocycles.